The molecule has 0 bridgehead atoms. The predicted molar refractivity (Wildman–Crippen MR) is 113 cm³/mol. The van der Waals surface area contributed by atoms with E-state index in [4.69, 9.17) is 10.2 Å². The molecular weight excluding hydrogens is 414 g/mol. The van der Waals surface area contributed by atoms with Crippen molar-refractivity contribution in [3.8, 4) is 5.82 Å². The van der Waals surface area contributed by atoms with Gasteiger partial charge in [-0.2, -0.15) is 10.1 Å². The Kier molecular flexibility index (Phi) is 4.64. The van der Waals surface area contributed by atoms with Gasteiger partial charge in [0.05, 0.1) is 17.8 Å². The van der Waals surface area contributed by atoms with Crippen LogP contribution in [0.5, 0.6) is 0 Å². The largest absolute Gasteiger partial charge is 0.446 e. The maximum absolute atomic E-state index is 12.9. The van der Waals surface area contributed by atoms with Crippen LogP contribution in [0.2, 0.25) is 0 Å². The highest BCUT2D eigenvalue weighted by Crippen LogP contribution is 2.32. The van der Waals surface area contributed by atoms with Crippen LogP contribution in [-0.4, -0.2) is 53.0 Å². The Morgan fingerprint density at radius 2 is 2.09 bits per heavy atom. The number of amides is 1. The molecule has 0 spiro atoms. The average Bonchev–Trinajstić information content (AvgIpc) is 3.41. The molecule has 1 aromatic carbocycles. The lowest BCUT2D eigenvalue weighted by molar-refractivity contribution is 0.0561. The van der Waals surface area contributed by atoms with Gasteiger partial charge in [0.1, 0.15) is 6.26 Å². The highest BCUT2D eigenvalue weighted by atomic mass is 16.4. The van der Waals surface area contributed by atoms with Gasteiger partial charge in [-0.1, -0.05) is 6.07 Å². The molecule has 3 heterocycles. The first-order chi connectivity index (χ1) is 15.3. The number of benzene rings is 1. The SMILES string of the molecule is CC(O)(c1ccc2c(C(=O)NC3CC(O)C3)nn(-c3ccnc(N)n3)c2c1)c1ncco1. The molecule has 0 aliphatic heterocycles. The minimum Gasteiger partial charge on any atom is -0.446 e. The number of aliphatic hydroxyl groups is 2. The Bertz CT molecular complexity index is 1290. The van der Waals surface area contributed by atoms with E-state index in [0.717, 1.165) is 0 Å². The molecule has 1 fully saturated rings. The second-order valence-corrected chi connectivity index (χ2v) is 7.97. The Balaban J connectivity index is 1.63. The van der Waals surface area contributed by atoms with Crippen LogP contribution in [0.25, 0.3) is 16.7 Å². The summed E-state index contributed by atoms with van der Waals surface area (Å²) >= 11 is 0. The molecule has 32 heavy (non-hydrogen) atoms. The van der Waals surface area contributed by atoms with Crippen molar-refractivity contribution in [2.45, 2.75) is 37.5 Å². The summed E-state index contributed by atoms with van der Waals surface area (Å²) in [6.45, 7) is 1.57. The zero-order valence-electron chi connectivity index (χ0n) is 17.1. The molecule has 1 atom stereocenters. The fourth-order valence-corrected chi connectivity index (χ4v) is 3.79. The third kappa shape index (κ3) is 3.37. The van der Waals surface area contributed by atoms with Gasteiger partial charge in [0.25, 0.3) is 5.91 Å². The Labute approximate surface area is 181 Å². The molecule has 11 heteroatoms. The summed E-state index contributed by atoms with van der Waals surface area (Å²) in [4.78, 5) is 25.1. The molecule has 164 valence electrons. The molecule has 4 aromatic rings. The topological polar surface area (TPSA) is 165 Å². The van der Waals surface area contributed by atoms with Crippen LogP contribution in [-0.2, 0) is 5.60 Å². The van der Waals surface area contributed by atoms with Gasteiger partial charge < -0.3 is 25.7 Å². The second kappa shape index (κ2) is 7.39. The van der Waals surface area contributed by atoms with E-state index in [1.165, 1.54) is 23.3 Å². The van der Waals surface area contributed by atoms with Gasteiger partial charge in [-0.05, 0) is 37.5 Å². The maximum Gasteiger partial charge on any atom is 0.272 e. The highest BCUT2D eigenvalue weighted by Gasteiger charge is 2.33. The molecule has 11 nitrogen and oxygen atoms in total. The van der Waals surface area contributed by atoms with Crippen LogP contribution < -0.4 is 11.1 Å². The van der Waals surface area contributed by atoms with E-state index in [1.807, 2.05) is 0 Å². The first-order valence-electron chi connectivity index (χ1n) is 10.1. The van der Waals surface area contributed by atoms with Crippen molar-refractivity contribution in [3.05, 3.63) is 60.1 Å². The van der Waals surface area contributed by atoms with Gasteiger partial charge in [0.2, 0.25) is 11.8 Å². The highest BCUT2D eigenvalue weighted by molar-refractivity contribution is 6.05. The number of nitrogen functional groups attached to an aromatic ring is 1. The van der Waals surface area contributed by atoms with E-state index in [0.29, 0.717) is 35.1 Å². The van der Waals surface area contributed by atoms with Gasteiger partial charge in [-0.3, -0.25) is 4.79 Å². The van der Waals surface area contributed by atoms with E-state index >= 15 is 0 Å². The summed E-state index contributed by atoms with van der Waals surface area (Å²) in [5.41, 5.74) is 5.45. The van der Waals surface area contributed by atoms with Crippen LogP contribution in [0.1, 0.15) is 41.7 Å². The lowest BCUT2D eigenvalue weighted by Gasteiger charge is -2.31. The number of oxazole rings is 1. The summed E-state index contributed by atoms with van der Waals surface area (Å²) in [6, 6.07) is 6.62. The molecule has 0 radical (unpaired) electrons. The summed E-state index contributed by atoms with van der Waals surface area (Å²) in [5.74, 6) is 0.202. The van der Waals surface area contributed by atoms with E-state index in [-0.39, 0.29) is 29.5 Å². The number of nitrogens with one attached hydrogen (secondary N) is 1. The van der Waals surface area contributed by atoms with Crippen molar-refractivity contribution in [3.63, 3.8) is 0 Å². The third-order valence-corrected chi connectivity index (χ3v) is 5.63. The van der Waals surface area contributed by atoms with Gasteiger partial charge in [-0.15, -0.1) is 0 Å². The number of hydrogen-bond acceptors (Lipinski definition) is 9. The van der Waals surface area contributed by atoms with Gasteiger partial charge in [0.15, 0.2) is 17.1 Å². The van der Waals surface area contributed by atoms with E-state index in [9.17, 15) is 15.0 Å². The number of fused-ring (bicyclic) bond motifs is 1. The number of carbonyl (C=O) groups excluding carboxylic acids is 1. The molecule has 3 aromatic heterocycles. The summed E-state index contributed by atoms with van der Waals surface area (Å²) < 4.78 is 6.78. The fourth-order valence-electron chi connectivity index (χ4n) is 3.79. The zero-order valence-corrected chi connectivity index (χ0v) is 17.1. The standard InChI is InChI=1S/C21H21N7O4/c1-21(31,19-23-6-7-32-19)11-2-3-14-15(8-11)28(16-4-5-24-20(22)26-16)27-17(14)18(30)25-12-9-13(29)10-12/h2-8,12-13,29,31H,9-10H2,1H3,(H,25,30)(H2,22,24,26). The molecule has 1 amide bonds. The number of rotatable bonds is 5. The number of aromatic nitrogens is 5. The summed E-state index contributed by atoms with van der Waals surface area (Å²) in [5, 5.41) is 28.5. The van der Waals surface area contributed by atoms with Crippen molar-refractivity contribution in [1.82, 2.24) is 30.0 Å². The Morgan fingerprint density at radius 1 is 1.28 bits per heavy atom. The normalized spacial score (nSPS) is 20.0. The number of anilines is 1. The van der Waals surface area contributed by atoms with Crippen molar-refractivity contribution < 1.29 is 19.4 Å². The van der Waals surface area contributed by atoms with Crippen LogP contribution in [0.3, 0.4) is 0 Å². The number of nitrogens with two attached hydrogens (primary N) is 1. The minimum atomic E-state index is -1.51. The maximum atomic E-state index is 12.9. The average molecular weight is 435 g/mol. The zero-order chi connectivity index (χ0) is 22.5. The molecule has 5 rings (SSSR count). The predicted octanol–water partition coefficient (Wildman–Crippen LogP) is 0.895. The first-order valence-corrected chi connectivity index (χ1v) is 10.1. The fraction of sp³-hybridized carbons (Fsp3) is 0.286. The Hall–Kier alpha value is -3.83. The molecule has 0 saturated heterocycles. The summed E-state index contributed by atoms with van der Waals surface area (Å²) in [6.07, 6.45) is 4.96. The second-order valence-electron chi connectivity index (χ2n) is 7.97. The number of nitrogens with zero attached hydrogens (tertiary/aromatic N) is 5. The van der Waals surface area contributed by atoms with Crippen LogP contribution in [0.15, 0.2) is 47.3 Å². The van der Waals surface area contributed by atoms with Crippen LogP contribution in [0, 0.1) is 0 Å². The smallest absolute Gasteiger partial charge is 0.272 e. The first kappa shape index (κ1) is 20.1. The van der Waals surface area contributed by atoms with Crippen molar-refractivity contribution in [1.29, 1.82) is 0 Å². The van der Waals surface area contributed by atoms with Crippen molar-refractivity contribution in [2.75, 3.05) is 5.73 Å². The summed E-state index contributed by atoms with van der Waals surface area (Å²) in [7, 11) is 0. The van der Waals surface area contributed by atoms with Gasteiger partial charge >= 0.3 is 0 Å². The van der Waals surface area contributed by atoms with Crippen LogP contribution >= 0.6 is 0 Å². The van der Waals surface area contributed by atoms with Gasteiger partial charge in [0, 0.05) is 23.7 Å². The molecule has 1 aliphatic carbocycles. The molecule has 1 unspecified atom stereocenters. The number of carbonyl (C=O) groups is 1. The van der Waals surface area contributed by atoms with Crippen LogP contribution in [0.4, 0.5) is 5.95 Å². The lowest BCUT2D eigenvalue weighted by atomic mass is 9.89. The number of aliphatic hydroxyl groups excluding tert-OH is 1. The molecular formula is C21H21N7O4. The van der Waals surface area contributed by atoms with E-state index in [2.05, 4.69) is 25.4 Å². The van der Waals surface area contributed by atoms with Crippen molar-refractivity contribution in [2.24, 2.45) is 0 Å². The Morgan fingerprint density at radius 3 is 2.78 bits per heavy atom. The van der Waals surface area contributed by atoms with Gasteiger partial charge in [-0.25, -0.2) is 14.6 Å². The van der Waals surface area contributed by atoms with E-state index < -0.39 is 11.7 Å². The third-order valence-electron chi connectivity index (χ3n) is 5.63. The number of hydrogen-bond donors (Lipinski definition) is 4. The quantitative estimate of drug-likeness (QED) is 0.356. The minimum absolute atomic E-state index is 0.0588. The monoisotopic (exact) mass is 435 g/mol. The lowest BCUT2D eigenvalue weighted by Crippen LogP contribution is -2.46. The van der Waals surface area contributed by atoms with E-state index in [1.54, 1.807) is 31.2 Å². The van der Waals surface area contributed by atoms with Crippen molar-refractivity contribution >= 4 is 22.8 Å². The molecule has 5 N–H and O–H groups in total. The molecule has 1 saturated carbocycles. The molecule has 1 aliphatic rings.